The van der Waals surface area contributed by atoms with Crippen LogP contribution in [0, 0.1) is 5.41 Å². The average molecular weight is 333 g/mol. The Balaban J connectivity index is 2.01. The summed E-state index contributed by atoms with van der Waals surface area (Å²) in [4.78, 5) is 0. The molecule has 1 fully saturated rings. The van der Waals surface area contributed by atoms with Crippen molar-refractivity contribution in [2.45, 2.75) is 39.3 Å². The fourth-order valence-corrected chi connectivity index (χ4v) is 2.90. The Morgan fingerprint density at radius 3 is 2.78 bits per heavy atom. The zero-order valence-electron chi connectivity index (χ0n) is 11.0. The molecule has 0 aliphatic heterocycles. The lowest BCUT2D eigenvalue weighted by Crippen LogP contribution is -2.58. The smallest absolute Gasteiger partial charge is 0.0665 e. The molecule has 1 N–H and O–H groups in total. The molecule has 0 aromatic heterocycles. The minimum atomic E-state index is 0.169. The number of anilines is 1. The summed E-state index contributed by atoms with van der Waals surface area (Å²) in [5.74, 6) is 0. The molecule has 0 spiro atoms. The first kappa shape index (κ1) is 14.2. The Labute approximate surface area is 122 Å². The van der Waals surface area contributed by atoms with E-state index in [1.807, 2.05) is 25.1 Å². The second-order valence-electron chi connectivity index (χ2n) is 5.33. The van der Waals surface area contributed by atoms with E-state index in [2.05, 4.69) is 35.1 Å². The van der Waals surface area contributed by atoms with E-state index >= 15 is 0 Å². The molecule has 0 amide bonds. The summed E-state index contributed by atoms with van der Waals surface area (Å²) >= 11 is 9.44. The van der Waals surface area contributed by atoms with Gasteiger partial charge in [-0.05, 0) is 47.5 Å². The van der Waals surface area contributed by atoms with Crippen molar-refractivity contribution in [2.75, 3.05) is 11.9 Å². The first-order chi connectivity index (χ1) is 8.45. The van der Waals surface area contributed by atoms with Crippen LogP contribution in [-0.4, -0.2) is 18.8 Å². The number of rotatable bonds is 4. The molecule has 0 radical (unpaired) electrons. The summed E-state index contributed by atoms with van der Waals surface area (Å²) in [6, 6.07) is 6.38. The van der Waals surface area contributed by atoms with Crippen molar-refractivity contribution in [3.8, 4) is 0 Å². The standard InChI is InChI=1S/C14H19BrClNO/c1-4-18-13-8-12(14(13,2)3)17-9-5-6-11(16)10(15)7-9/h5-7,12-13,17H,4,8H2,1-3H3. The maximum Gasteiger partial charge on any atom is 0.0665 e. The highest BCUT2D eigenvalue weighted by Gasteiger charge is 2.48. The van der Waals surface area contributed by atoms with Crippen LogP contribution in [0.5, 0.6) is 0 Å². The van der Waals surface area contributed by atoms with Crippen molar-refractivity contribution >= 4 is 33.2 Å². The van der Waals surface area contributed by atoms with Crippen LogP contribution in [0.2, 0.25) is 5.02 Å². The van der Waals surface area contributed by atoms with Gasteiger partial charge in [0.25, 0.3) is 0 Å². The van der Waals surface area contributed by atoms with Crippen LogP contribution in [0.1, 0.15) is 27.2 Å². The van der Waals surface area contributed by atoms with Crippen LogP contribution in [0.15, 0.2) is 22.7 Å². The first-order valence-electron chi connectivity index (χ1n) is 6.28. The second kappa shape index (κ2) is 5.40. The molecule has 2 atom stereocenters. The van der Waals surface area contributed by atoms with Crippen LogP contribution >= 0.6 is 27.5 Å². The third-order valence-corrected chi connectivity index (χ3v) is 5.02. The maximum absolute atomic E-state index is 5.99. The van der Waals surface area contributed by atoms with Crippen molar-refractivity contribution in [2.24, 2.45) is 5.41 Å². The Morgan fingerprint density at radius 1 is 1.50 bits per heavy atom. The summed E-state index contributed by atoms with van der Waals surface area (Å²) < 4.78 is 6.66. The van der Waals surface area contributed by atoms with Gasteiger partial charge in [-0.3, -0.25) is 0 Å². The molecule has 0 saturated heterocycles. The molecule has 0 heterocycles. The normalized spacial score (nSPS) is 25.6. The van der Waals surface area contributed by atoms with Crippen molar-refractivity contribution in [3.63, 3.8) is 0 Å². The van der Waals surface area contributed by atoms with Gasteiger partial charge in [-0.2, -0.15) is 0 Å². The van der Waals surface area contributed by atoms with Crippen LogP contribution in [0.25, 0.3) is 0 Å². The second-order valence-corrected chi connectivity index (χ2v) is 6.59. The lowest BCUT2D eigenvalue weighted by atomic mass is 9.64. The largest absolute Gasteiger partial charge is 0.382 e. The topological polar surface area (TPSA) is 21.3 Å². The Morgan fingerprint density at radius 2 is 2.22 bits per heavy atom. The maximum atomic E-state index is 5.99. The van der Waals surface area contributed by atoms with Gasteiger partial charge < -0.3 is 10.1 Å². The fraction of sp³-hybridized carbons (Fsp3) is 0.571. The number of nitrogens with one attached hydrogen (secondary N) is 1. The number of hydrogen-bond acceptors (Lipinski definition) is 2. The molecule has 2 nitrogen and oxygen atoms in total. The van der Waals surface area contributed by atoms with Gasteiger partial charge in [-0.1, -0.05) is 25.4 Å². The van der Waals surface area contributed by atoms with Gasteiger partial charge in [-0.25, -0.2) is 0 Å². The summed E-state index contributed by atoms with van der Waals surface area (Å²) in [6.07, 6.45) is 1.41. The molecule has 100 valence electrons. The third-order valence-electron chi connectivity index (χ3n) is 3.81. The Kier molecular flexibility index (Phi) is 4.25. The van der Waals surface area contributed by atoms with Crippen LogP contribution in [0.4, 0.5) is 5.69 Å². The summed E-state index contributed by atoms with van der Waals surface area (Å²) in [7, 11) is 0. The van der Waals surface area contributed by atoms with Gasteiger partial charge in [0.1, 0.15) is 0 Å². The molecule has 1 aromatic rings. The predicted molar refractivity (Wildman–Crippen MR) is 80.4 cm³/mol. The van der Waals surface area contributed by atoms with E-state index in [9.17, 15) is 0 Å². The third kappa shape index (κ3) is 2.68. The predicted octanol–water partition coefficient (Wildman–Crippen LogP) is 4.72. The van der Waals surface area contributed by atoms with E-state index in [4.69, 9.17) is 16.3 Å². The van der Waals surface area contributed by atoms with E-state index in [0.29, 0.717) is 12.1 Å². The minimum absolute atomic E-state index is 0.169. The zero-order chi connectivity index (χ0) is 13.3. The highest BCUT2D eigenvalue weighted by Crippen LogP contribution is 2.44. The quantitative estimate of drug-likeness (QED) is 0.861. The molecule has 2 unspecified atom stereocenters. The van der Waals surface area contributed by atoms with Gasteiger partial charge in [0.2, 0.25) is 0 Å². The summed E-state index contributed by atoms with van der Waals surface area (Å²) in [5.41, 5.74) is 1.27. The SMILES string of the molecule is CCOC1CC(Nc2ccc(Cl)c(Br)c2)C1(C)C. The molecule has 1 aromatic carbocycles. The van der Waals surface area contributed by atoms with E-state index in [1.165, 1.54) is 0 Å². The molecule has 1 aliphatic rings. The molecule has 0 bridgehead atoms. The van der Waals surface area contributed by atoms with Gasteiger partial charge in [-0.15, -0.1) is 0 Å². The molecule has 1 saturated carbocycles. The number of benzene rings is 1. The van der Waals surface area contributed by atoms with Crippen LogP contribution in [0.3, 0.4) is 0 Å². The molecular formula is C14H19BrClNO. The fourth-order valence-electron chi connectivity index (χ4n) is 2.40. The zero-order valence-corrected chi connectivity index (χ0v) is 13.3. The molecule has 2 rings (SSSR count). The van der Waals surface area contributed by atoms with Gasteiger partial charge >= 0.3 is 0 Å². The summed E-state index contributed by atoms with van der Waals surface area (Å²) in [5, 5.41) is 4.29. The highest BCUT2D eigenvalue weighted by atomic mass is 79.9. The lowest BCUT2D eigenvalue weighted by molar-refractivity contribution is -0.0975. The van der Waals surface area contributed by atoms with E-state index in [-0.39, 0.29) is 5.41 Å². The van der Waals surface area contributed by atoms with E-state index < -0.39 is 0 Å². The van der Waals surface area contributed by atoms with Gasteiger partial charge in [0.05, 0.1) is 11.1 Å². The van der Waals surface area contributed by atoms with E-state index in [1.54, 1.807) is 0 Å². The minimum Gasteiger partial charge on any atom is -0.382 e. The van der Waals surface area contributed by atoms with Crippen LogP contribution < -0.4 is 5.32 Å². The van der Waals surface area contributed by atoms with E-state index in [0.717, 1.165) is 28.2 Å². The monoisotopic (exact) mass is 331 g/mol. The Bertz CT molecular complexity index is 436. The lowest BCUT2D eigenvalue weighted by Gasteiger charge is -2.52. The number of ether oxygens (including phenoxy) is 1. The molecular weight excluding hydrogens is 314 g/mol. The molecule has 1 aliphatic carbocycles. The van der Waals surface area contributed by atoms with Gasteiger partial charge in [0.15, 0.2) is 0 Å². The number of hydrogen-bond donors (Lipinski definition) is 1. The van der Waals surface area contributed by atoms with Crippen molar-refractivity contribution in [3.05, 3.63) is 27.7 Å². The molecule has 4 heteroatoms. The summed E-state index contributed by atoms with van der Waals surface area (Å²) in [6.45, 7) is 7.33. The Hall–Kier alpha value is -0.250. The van der Waals surface area contributed by atoms with Crippen LogP contribution in [-0.2, 0) is 4.74 Å². The number of halogens is 2. The van der Waals surface area contributed by atoms with Crippen molar-refractivity contribution < 1.29 is 4.74 Å². The average Bonchev–Trinajstić information content (AvgIpc) is 2.32. The van der Waals surface area contributed by atoms with Crippen molar-refractivity contribution in [1.82, 2.24) is 0 Å². The highest BCUT2D eigenvalue weighted by molar-refractivity contribution is 9.10. The van der Waals surface area contributed by atoms with Crippen molar-refractivity contribution in [1.29, 1.82) is 0 Å². The van der Waals surface area contributed by atoms with Gasteiger partial charge in [0, 0.05) is 28.2 Å². The first-order valence-corrected chi connectivity index (χ1v) is 7.45. The molecule has 18 heavy (non-hydrogen) atoms.